The molecule has 0 atom stereocenters. The molecule has 2 N–H and O–H groups in total. The van der Waals surface area contributed by atoms with Gasteiger partial charge in [0.1, 0.15) is 11.5 Å². The summed E-state index contributed by atoms with van der Waals surface area (Å²) in [7, 11) is 0. The minimum absolute atomic E-state index is 0.130. The lowest BCUT2D eigenvalue weighted by molar-refractivity contribution is 0.276. The van der Waals surface area contributed by atoms with Crippen LogP contribution < -0.4 is 5.32 Å². The van der Waals surface area contributed by atoms with Crippen LogP contribution in [0.25, 0.3) is 0 Å². The number of nitrogens with zero attached hydrogens (tertiary/aromatic N) is 3. The highest BCUT2D eigenvalue weighted by Gasteiger charge is 2.06. The number of aliphatic hydroxyl groups is 1. The van der Waals surface area contributed by atoms with E-state index >= 15 is 0 Å². The van der Waals surface area contributed by atoms with Crippen molar-refractivity contribution in [2.45, 2.75) is 26.4 Å². The Morgan fingerprint density at radius 3 is 3.00 bits per heavy atom. The fourth-order valence-electron chi connectivity index (χ4n) is 1.78. The van der Waals surface area contributed by atoms with E-state index in [0.29, 0.717) is 24.0 Å². The van der Waals surface area contributed by atoms with E-state index in [9.17, 15) is 4.39 Å². The average molecular weight is 343 g/mol. The summed E-state index contributed by atoms with van der Waals surface area (Å²) in [5.41, 5.74) is 2.45. The van der Waals surface area contributed by atoms with Gasteiger partial charge in [0.15, 0.2) is 0 Å². The Morgan fingerprint density at radius 1 is 1.45 bits per heavy atom. The van der Waals surface area contributed by atoms with Gasteiger partial charge in [-0.1, -0.05) is 5.21 Å². The van der Waals surface area contributed by atoms with E-state index in [4.69, 9.17) is 5.11 Å². The van der Waals surface area contributed by atoms with E-state index in [1.54, 1.807) is 10.7 Å². The van der Waals surface area contributed by atoms with Crippen LogP contribution in [0.3, 0.4) is 0 Å². The molecule has 0 aliphatic rings. The van der Waals surface area contributed by atoms with E-state index < -0.39 is 0 Å². The van der Waals surface area contributed by atoms with Gasteiger partial charge in [0.25, 0.3) is 0 Å². The minimum atomic E-state index is -0.301. The van der Waals surface area contributed by atoms with E-state index in [1.807, 2.05) is 13.1 Å². The Hall–Kier alpha value is -1.47. The van der Waals surface area contributed by atoms with Crippen LogP contribution in [0.4, 0.5) is 10.1 Å². The van der Waals surface area contributed by atoms with Crippen molar-refractivity contribution in [2.75, 3.05) is 11.9 Å². The monoisotopic (exact) mass is 342 g/mol. The smallest absolute Gasteiger partial charge is 0.139 e. The summed E-state index contributed by atoms with van der Waals surface area (Å²) in [6.45, 7) is 3.14. The van der Waals surface area contributed by atoms with Crippen molar-refractivity contribution in [3.05, 3.63) is 39.9 Å². The maximum atomic E-state index is 13.5. The summed E-state index contributed by atoms with van der Waals surface area (Å²) in [6.07, 6.45) is 2.46. The van der Waals surface area contributed by atoms with E-state index in [2.05, 4.69) is 31.6 Å². The van der Waals surface area contributed by atoms with Gasteiger partial charge >= 0.3 is 0 Å². The third-order valence-corrected chi connectivity index (χ3v) is 3.47. The third kappa shape index (κ3) is 3.77. The van der Waals surface area contributed by atoms with Gasteiger partial charge in [-0.25, -0.2) is 4.39 Å². The van der Waals surface area contributed by atoms with Crippen LogP contribution in [-0.4, -0.2) is 26.7 Å². The highest BCUT2D eigenvalue weighted by molar-refractivity contribution is 9.10. The molecule has 1 aromatic heterocycles. The van der Waals surface area contributed by atoms with Crippen LogP contribution in [0.15, 0.2) is 22.8 Å². The highest BCUT2D eigenvalue weighted by Crippen LogP contribution is 2.24. The molecule has 2 aromatic rings. The van der Waals surface area contributed by atoms with Crippen molar-refractivity contribution in [3.8, 4) is 0 Å². The summed E-state index contributed by atoms with van der Waals surface area (Å²) >= 11 is 3.15. The topological polar surface area (TPSA) is 63.0 Å². The van der Waals surface area contributed by atoms with Crippen molar-refractivity contribution in [2.24, 2.45) is 0 Å². The van der Waals surface area contributed by atoms with E-state index in [-0.39, 0.29) is 12.4 Å². The maximum absolute atomic E-state index is 13.5. The number of aliphatic hydroxyl groups excluding tert-OH is 1. The summed E-state index contributed by atoms with van der Waals surface area (Å²) in [4.78, 5) is 0. The largest absolute Gasteiger partial charge is 0.396 e. The number of hydrogen-bond donors (Lipinski definition) is 2. The van der Waals surface area contributed by atoms with Crippen LogP contribution in [0, 0.1) is 12.7 Å². The van der Waals surface area contributed by atoms with Gasteiger partial charge in [-0.3, -0.25) is 4.68 Å². The summed E-state index contributed by atoms with van der Waals surface area (Å²) in [5, 5.41) is 19.9. The zero-order chi connectivity index (χ0) is 14.5. The zero-order valence-electron chi connectivity index (χ0n) is 11.1. The Kier molecular flexibility index (Phi) is 5.08. The summed E-state index contributed by atoms with van der Waals surface area (Å²) in [5.74, 6) is -0.301. The predicted molar refractivity (Wildman–Crippen MR) is 77.9 cm³/mol. The fraction of sp³-hybridized carbons (Fsp3) is 0.385. The normalized spacial score (nSPS) is 10.8. The fourth-order valence-corrected chi connectivity index (χ4v) is 2.24. The first kappa shape index (κ1) is 14.9. The van der Waals surface area contributed by atoms with Crippen LogP contribution in [0.1, 0.15) is 17.7 Å². The SMILES string of the molecule is Cc1cc(Br)c(F)cc1NCc1cn(CCCO)nn1. The lowest BCUT2D eigenvalue weighted by Gasteiger charge is -2.09. The standard InChI is InChI=1S/C13H16BrFN4O/c1-9-5-11(14)12(15)6-13(9)16-7-10-8-19(18-17-10)3-2-4-20/h5-6,8,16,20H,2-4,7H2,1H3. The molecule has 2 rings (SSSR count). The number of benzene rings is 1. The number of nitrogens with one attached hydrogen (secondary N) is 1. The van der Waals surface area contributed by atoms with Crippen molar-refractivity contribution in [1.29, 1.82) is 0 Å². The molecule has 0 fully saturated rings. The molecule has 0 spiro atoms. The van der Waals surface area contributed by atoms with Gasteiger partial charge in [0, 0.05) is 18.8 Å². The first-order valence-corrected chi connectivity index (χ1v) is 7.09. The molecule has 0 unspecified atom stereocenters. The molecule has 0 saturated heterocycles. The second kappa shape index (κ2) is 6.81. The summed E-state index contributed by atoms with van der Waals surface area (Å²) < 4.78 is 15.6. The van der Waals surface area contributed by atoms with Crippen LogP contribution in [0.2, 0.25) is 0 Å². The molecule has 108 valence electrons. The maximum Gasteiger partial charge on any atom is 0.139 e. The number of rotatable bonds is 6. The Balaban J connectivity index is 1.98. The van der Waals surface area contributed by atoms with Gasteiger partial charge in [-0.15, -0.1) is 5.10 Å². The molecule has 1 heterocycles. The lowest BCUT2D eigenvalue weighted by Crippen LogP contribution is -2.02. The van der Waals surface area contributed by atoms with Crippen LogP contribution >= 0.6 is 15.9 Å². The van der Waals surface area contributed by atoms with Crippen molar-refractivity contribution < 1.29 is 9.50 Å². The van der Waals surface area contributed by atoms with Gasteiger partial charge in [-0.2, -0.15) is 0 Å². The molecule has 20 heavy (non-hydrogen) atoms. The first-order chi connectivity index (χ1) is 9.60. The van der Waals surface area contributed by atoms with Gasteiger partial charge < -0.3 is 10.4 Å². The predicted octanol–water partition coefficient (Wildman–Crippen LogP) is 2.48. The third-order valence-electron chi connectivity index (χ3n) is 2.86. The molecule has 0 bridgehead atoms. The average Bonchev–Trinajstić information content (AvgIpc) is 2.87. The second-order valence-corrected chi connectivity index (χ2v) is 5.34. The van der Waals surface area contributed by atoms with E-state index in [0.717, 1.165) is 16.9 Å². The molecule has 0 aliphatic heterocycles. The van der Waals surface area contributed by atoms with Crippen molar-refractivity contribution >= 4 is 21.6 Å². The zero-order valence-corrected chi connectivity index (χ0v) is 12.7. The molecule has 0 radical (unpaired) electrons. The highest BCUT2D eigenvalue weighted by atomic mass is 79.9. The Morgan fingerprint density at radius 2 is 2.25 bits per heavy atom. The van der Waals surface area contributed by atoms with Gasteiger partial charge in [-0.05, 0) is 47.0 Å². The summed E-state index contributed by atoms with van der Waals surface area (Å²) in [6, 6.07) is 3.19. The Bertz CT molecular complexity index is 588. The number of halogens is 2. The van der Waals surface area contributed by atoms with Gasteiger partial charge in [0.05, 0.1) is 17.2 Å². The number of aryl methyl sites for hydroxylation is 2. The molecule has 1 aromatic carbocycles. The number of hydrogen-bond acceptors (Lipinski definition) is 4. The molecule has 0 saturated carbocycles. The number of anilines is 1. The van der Waals surface area contributed by atoms with Crippen molar-refractivity contribution in [1.82, 2.24) is 15.0 Å². The lowest BCUT2D eigenvalue weighted by atomic mass is 10.2. The molecule has 0 aliphatic carbocycles. The quantitative estimate of drug-likeness (QED) is 0.846. The number of aromatic nitrogens is 3. The minimum Gasteiger partial charge on any atom is -0.396 e. The molecule has 5 nitrogen and oxygen atoms in total. The van der Waals surface area contributed by atoms with Crippen LogP contribution in [0.5, 0.6) is 0 Å². The molecular weight excluding hydrogens is 327 g/mol. The molecule has 0 amide bonds. The van der Waals surface area contributed by atoms with Crippen LogP contribution in [-0.2, 0) is 13.1 Å². The second-order valence-electron chi connectivity index (χ2n) is 4.48. The van der Waals surface area contributed by atoms with Gasteiger partial charge in [0.2, 0.25) is 0 Å². The van der Waals surface area contributed by atoms with Crippen molar-refractivity contribution in [3.63, 3.8) is 0 Å². The molecular formula is C13H16BrFN4O. The first-order valence-electron chi connectivity index (χ1n) is 6.29. The molecule has 7 heteroatoms. The van der Waals surface area contributed by atoms with E-state index in [1.165, 1.54) is 6.07 Å². The Labute approximate surface area is 124 Å².